The molecule has 10 nitrogen and oxygen atoms in total. The highest BCUT2D eigenvalue weighted by Crippen LogP contribution is 2.26. The largest absolute Gasteiger partial charge is 0.494 e. The van der Waals surface area contributed by atoms with Gasteiger partial charge in [0.25, 0.3) is 6.01 Å². The number of rotatable bonds is 13. The molecule has 0 atom stereocenters. The third-order valence-corrected chi connectivity index (χ3v) is 6.12. The van der Waals surface area contributed by atoms with Crippen LogP contribution in [0, 0.1) is 0 Å². The predicted molar refractivity (Wildman–Crippen MR) is 146 cm³/mol. The van der Waals surface area contributed by atoms with E-state index in [0.717, 1.165) is 17.3 Å². The Hall–Kier alpha value is -4.25. The first-order valence-electron chi connectivity index (χ1n) is 12.2. The zero-order valence-electron chi connectivity index (χ0n) is 21.9. The average Bonchev–Trinajstić information content (AvgIpc) is 3.30. The molecule has 0 unspecified atom stereocenters. The predicted octanol–water partition coefficient (Wildman–Crippen LogP) is 4.88. The van der Waals surface area contributed by atoms with Gasteiger partial charge in [-0.05, 0) is 74.4 Å². The number of anilines is 1. The molecule has 11 heteroatoms. The van der Waals surface area contributed by atoms with E-state index in [-0.39, 0.29) is 5.75 Å². The maximum absolute atomic E-state index is 11.5. The molecule has 1 heterocycles. The molecule has 0 aliphatic carbocycles. The summed E-state index contributed by atoms with van der Waals surface area (Å²) in [5.74, 6) is 0.183. The van der Waals surface area contributed by atoms with Crippen molar-refractivity contribution in [3.63, 3.8) is 0 Å². The number of carbonyl (C=O) groups is 1. The smallest absolute Gasteiger partial charge is 0.347 e. The minimum atomic E-state index is -3.59. The van der Waals surface area contributed by atoms with Crippen molar-refractivity contribution in [2.75, 3.05) is 24.3 Å². The molecule has 1 N–H and O–H groups in total. The Morgan fingerprint density at radius 2 is 1.72 bits per heavy atom. The molecule has 0 fully saturated rings. The molecule has 1 aromatic heterocycles. The lowest BCUT2D eigenvalue weighted by molar-refractivity contribution is -0.152. The topological polar surface area (TPSA) is 128 Å². The molecule has 0 aliphatic heterocycles. The number of nitrogens with zero attached hydrogens (tertiary/aromatic N) is 2. The highest BCUT2D eigenvalue weighted by Gasteiger charge is 2.29. The molecule has 0 radical (unpaired) electrons. The van der Waals surface area contributed by atoms with Gasteiger partial charge in [-0.1, -0.05) is 24.3 Å². The van der Waals surface area contributed by atoms with Crippen LogP contribution in [0.15, 0.2) is 77.2 Å². The van der Waals surface area contributed by atoms with E-state index in [1.54, 1.807) is 24.3 Å². The van der Waals surface area contributed by atoms with Crippen LogP contribution in [0.5, 0.6) is 17.2 Å². The van der Waals surface area contributed by atoms with E-state index in [4.69, 9.17) is 18.1 Å². The molecule has 0 saturated heterocycles. The lowest BCUT2D eigenvalue weighted by Crippen LogP contribution is -2.37. The Morgan fingerprint density at radius 3 is 2.41 bits per heavy atom. The van der Waals surface area contributed by atoms with Crippen LogP contribution in [-0.4, -0.2) is 49.5 Å². The van der Waals surface area contributed by atoms with Gasteiger partial charge in [-0.3, -0.25) is 0 Å². The number of fused-ring (bicyclic) bond motifs is 1. The lowest BCUT2D eigenvalue weighted by atomic mass is 10.1. The SMILES string of the molecule is CC(C)(Oc1cccc(CN(CCCOc2ccc(OS(C)(=O)=O)cc2)c2nc3ccccc3o2)c1)C(=O)O. The molecule has 0 aliphatic rings. The summed E-state index contributed by atoms with van der Waals surface area (Å²) in [5, 5.41) is 9.40. The third-order valence-electron chi connectivity index (χ3n) is 5.63. The van der Waals surface area contributed by atoms with Crippen molar-refractivity contribution in [1.29, 1.82) is 0 Å². The zero-order chi connectivity index (χ0) is 28.0. The molecule has 0 amide bonds. The Morgan fingerprint density at radius 1 is 1.00 bits per heavy atom. The van der Waals surface area contributed by atoms with Crippen LogP contribution in [0.2, 0.25) is 0 Å². The Labute approximate surface area is 226 Å². The molecular weight excluding hydrogens is 524 g/mol. The molecule has 39 heavy (non-hydrogen) atoms. The normalized spacial score (nSPS) is 11.8. The van der Waals surface area contributed by atoms with Gasteiger partial charge in [0.2, 0.25) is 0 Å². The van der Waals surface area contributed by atoms with Crippen LogP contribution < -0.4 is 18.6 Å². The van der Waals surface area contributed by atoms with Crippen molar-refractivity contribution in [3.8, 4) is 17.2 Å². The van der Waals surface area contributed by atoms with Crippen molar-refractivity contribution in [3.05, 3.63) is 78.4 Å². The maximum Gasteiger partial charge on any atom is 0.347 e. The molecule has 0 spiro atoms. The van der Waals surface area contributed by atoms with E-state index in [9.17, 15) is 18.3 Å². The quantitative estimate of drug-likeness (QED) is 0.180. The molecule has 4 rings (SSSR count). The molecule has 206 valence electrons. The van der Waals surface area contributed by atoms with Crippen LogP contribution in [0.3, 0.4) is 0 Å². The summed E-state index contributed by atoms with van der Waals surface area (Å²) >= 11 is 0. The van der Waals surface area contributed by atoms with Gasteiger partial charge in [0.1, 0.15) is 22.8 Å². The van der Waals surface area contributed by atoms with Crippen LogP contribution in [0.1, 0.15) is 25.8 Å². The van der Waals surface area contributed by atoms with Gasteiger partial charge in [-0.2, -0.15) is 13.4 Å². The van der Waals surface area contributed by atoms with Gasteiger partial charge in [-0.15, -0.1) is 0 Å². The van der Waals surface area contributed by atoms with Crippen molar-refractivity contribution < 1.29 is 36.4 Å². The standard InChI is InChI=1S/C28H30N2O8S/c1-28(2,26(31)32)37-23-9-6-8-20(18-23)19-30(27-29-24-10-4-5-11-25(24)36-27)16-7-17-35-21-12-14-22(15-13-21)38-39(3,33)34/h4-6,8-15,18H,7,16-17,19H2,1-3H3,(H,31,32). The van der Waals surface area contributed by atoms with Crippen molar-refractivity contribution in [1.82, 2.24) is 4.98 Å². The van der Waals surface area contributed by atoms with E-state index in [1.807, 2.05) is 41.3 Å². The Kier molecular flexibility index (Phi) is 8.29. The molecule has 0 bridgehead atoms. The summed E-state index contributed by atoms with van der Waals surface area (Å²) in [5.41, 5.74) is 0.930. The van der Waals surface area contributed by atoms with E-state index in [0.29, 0.717) is 49.2 Å². The van der Waals surface area contributed by atoms with Crippen LogP contribution in [0.4, 0.5) is 6.01 Å². The number of hydrogen-bond acceptors (Lipinski definition) is 9. The van der Waals surface area contributed by atoms with E-state index in [2.05, 4.69) is 4.98 Å². The Bertz CT molecular complexity index is 1500. The van der Waals surface area contributed by atoms with Crippen LogP contribution in [0.25, 0.3) is 11.1 Å². The molecule has 0 saturated carbocycles. The number of hydrogen-bond donors (Lipinski definition) is 1. The second-order valence-electron chi connectivity index (χ2n) is 9.41. The first-order valence-corrected chi connectivity index (χ1v) is 14.0. The number of para-hydroxylation sites is 2. The Balaban J connectivity index is 1.44. The number of oxazole rings is 1. The minimum absolute atomic E-state index is 0.213. The van der Waals surface area contributed by atoms with E-state index < -0.39 is 21.7 Å². The fourth-order valence-electron chi connectivity index (χ4n) is 3.72. The number of ether oxygens (including phenoxy) is 2. The molecule has 3 aromatic carbocycles. The van der Waals surface area contributed by atoms with Gasteiger partial charge in [0.05, 0.1) is 12.9 Å². The van der Waals surface area contributed by atoms with Gasteiger partial charge < -0.3 is 28.1 Å². The number of benzene rings is 3. The fraction of sp³-hybridized carbons (Fsp3) is 0.286. The second-order valence-corrected chi connectivity index (χ2v) is 11.0. The fourth-order valence-corrected chi connectivity index (χ4v) is 4.18. The van der Waals surface area contributed by atoms with Crippen molar-refractivity contribution in [2.45, 2.75) is 32.4 Å². The summed E-state index contributed by atoms with van der Waals surface area (Å²) in [6.07, 6.45) is 1.61. The number of carboxylic acids is 1. The number of carboxylic acid groups (broad SMARTS) is 1. The van der Waals surface area contributed by atoms with Gasteiger partial charge >= 0.3 is 16.1 Å². The highest BCUT2D eigenvalue weighted by molar-refractivity contribution is 7.86. The lowest BCUT2D eigenvalue weighted by Gasteiger charge is -2.23. The van der Waals surface area contributed by atoms with E-state index >= 15 is 0 Å². The average molecular weight is 555 g/mol. The van der Waals surface area contributed by atoms with Gasteiger partial charge in [-0.25, -0.2) is 4.79 Å². The third kappa shape index (κ3) is 7.87. The van der Waals surface area contributed by atoms with Crippen LogP contribution >= 0.6 is 0 Å². The van der Waals surface area contributed by atoms with Crippen LogP contribution in [-0.2, 0) is 21.5 Å². The summed E-state index contributed by atoms with van der Waals surface area (Å²) in [6.45, 7) is 4.37. The maximum atomic E-state index is 11.5. The first kappa shape index (κ1) is 27.8. The second kappa shape index (κ2) is 11.6. The molecule has 4 aromatic rings. The number of aromatic nitrogens is 1. The zero-order valence-corrected chi connectivity index (χ0v) is 22.7. The summed E-state index contributed by atoms with van der Waals surface area (Å²) in [7, 11) is -3.59. The summed E-state index contributed by atoms with van der Waals surface area (Å²) in [4.78, 5) is 18.1. The van der Waals surface area contributed by atoms with Crippen molar-refractivity contribution in [2.24, 2.45) is 0 Å². The molecular formula is C28H30N2O8S. The highest BCUT2D eigenvalue weighted by atomic mass is 32.2. The van der Waals surface area contributed by atoms with Gasteiger partial charge in [0, 0.05) is 13.1 Å². The first-order chi connectivity index (χ1) is 18.5. The monoisotopic (exact) mass is 554 g/mol. The van der Waals surface area contributed by atoms with Crippen molar-refractivity contribution >= 4 is 33.2 Å². The summed E-state index contributed by atoms with van der Waals surface area (Å²) in [6, 6.07) is 21.6. The van der Waals surface area contributed by atoms with Gasteiger partial charge in [0.15, 0.2) is 11.2 Å². The number of aliphatic carboxylic acids is 1. The van der Waals surface area contributed by atoms with E-state index in [1.165, 1.54) is 26.0 Å². The summed E-state index contributed by atoms with van der Waals surface area (Å²) < 4.78 is 44.9. The minimum Gasteiger partial charge on any atom is -0.494 e.